The van der Waals surface area contributed by atoms with Gasteiger partial charge in [0.05, 0.1) is 18.8 Å². The minimum absolute atomic E-state index is 0.301. The Hall–Kier alpha value is -0.900. The van der Waals surface area contributed by atoms with E-state index in [4.69, 9.17) is 4.74 Å². The second kappa shape index (κ2) is 6.32. The van der Waals surface area contributed by atoms with Crippen molar-refractivity contribution in [2.75, 3.05) is 19.7 Å². The first-order chi connectivity index (χ1) is 8.66. The lowest BCUT2D eigenvalue weighted by Gasteiger charge is -2.37. The summed E-state index contributed by atoms with van der Waals surface area (Å²) in [5, 5.41) is 10.1. The van der Waals surface area contributed by atoms with Crippen molar-refractivity contribution in [3.05, 3.63) is 35.9 Å². The Labute approximate surface area is 109 Å². The van der Waals surface area contributed by atoms with Gasteiger partial charge >= 0.3 is 0 Å². The molecule has 1 N–H and O–H groups in total. The van der Waals surface area contributed by atoms with Crippen LogP contribution in [0.25, 0.3) is 0 Å². The molecule has 18 heavy (non-hydrogen) atoms. The fraction of sp³-hybridized carbons (Fsp3) is 0.600. The lowest BCUT2D eigenvalue weighted by molar-refractivity contribution is -0.0527. The predicted octanol–water partition coefficient (Wildman–Crippen LogP) is 2.22. The van der Waals surface area contributed by atoms with Gasteiger partial charge in [0.15, 0.2) is 0 Å². The highest BCUT2D eigenvalue weighted by molar-refractivity contribution is 5.17. The van der Waals surface area contributed by atoms with E-state index >= 15 is 0 Å². The Morgan fingerprint density at radius 2 is 2.06 bits per heavy atom. The number of morpholine rings is 1. The number of ether oxygens (including phenoxy) is 1. The van der Waals surface area contributed by atoms with Crippen LogP contribution in [0.5, 0.6) is 0 Å². The van der Waals surface area contributed by atoms with E-state index < -0.39 is 0 Å². The van der Waals surface area contributed by atoms with Gasteiger partial charge in [0.2, 0.25) is 0 Å². The minimum atomic E-state index is -0.364. The smallest absolute Gasteiger partial charge is 0.0802 e. The normalized spacial score (nSPS) is 27.1. The summed E-state index contributed by atoms with van der Waals surface area (Å²) >= 11 is 0. The van der Waals surface area contributed by atoms with Crippen molar-refractivity contribution in [3.8, 4) is 0 Å². The first-order valence-corrected chi connectivity index (χ1v) is 6.75. The van der Waals surface area contributed by atoms with Crippen LogP contribution in [0.4, 0.5) is 0 Å². The summed E-state index contributed by atoms with van der Waals surface area (Å²) in [5.74, 6) is 0. The average molecular weight is 249 g/mol. The molecule has 0 aliphatic carbocycles. The van der Waals surface area contributed by atoms with Crippen molar-refractivity contribution in [2.24, 2.45) is 0 Å². The van der Waals surface area contributed by atoms with Gasteiger partial charge in [-0.2, -0.15) is 0 Å². The van der Waals surface area contributed by atoms with Gasteiger partial charge in [-0.05, 0) is 25.8 Å². The predicted molar refractivity (Wildman–Crippen MR) is 72.5 cm³/mol. The molecule has 0 bridgehead atoms. The molecular weight excluding hydrogens is 226 g/mol. The summed E-state index contributed by atoms with van der Waals surface area (Å²) in [6.07, 6.45) is 0.716. The van der Waals surface area contributed by atoms with Gasteiger partial charge in [-0.15, -0.1) is 0 Å². The molecule has 1 aromatic carbocycles. The van der Waals surface area contributed by atoms with E-state index in [-0.39, 0.29) is 6.10 Å². The van der Waals surface area contributed by atoms with E-state index in [0.717, 1.165) is 31.7 Å². The standard InChI is InChI=1S/C15H23NO2/c1-12-11-18-13(2)10-16(12)9-8-15(17)14-6-4-3-5-7-14/h3-7,12-13,15,17H,8-11H2,1-2H3. The van der Waals surface area contributed by atoms with E-state index in [9.17, 15) is 5.11 Å². The number of benzene rings is 1. The zero-order chi connectivity index (χ0) is 13.0. The lowest BCUT2D eigenvalue weighted by atomic mass is 10.1. The Kier molecular flexibility index (Phi) is 4.75. The summed E-state index contributed by atoms with van der Waals surface area (Å²) in [6, 6.07) is 10.3. The molecule has 0 saturated carbocycles. The van der Waals surface area contributed by atoms with Crippen LogP contribution < -0.4 is 0 Å². The van der Waals surface area contributed by atoms with Crippen LogP contribution in [0.2, 0.25) is 0 Å². The maximum atomic E-state index is 10.1. The number of nitrogens with zero attached hydrogens (tertiary/aromatic N) is 1. The molecule has 3 heteroatoms. The first kappa shape index (κ1) is 13.5. The Balaban J connectivity index is 1.83. The van der Waals surface area contributed by atoms with Crippen LogP contribution >= 0.6 is 0 Å². The Morgan fingerprint density at radius 1 is 1.33 bits per heavy atom. The Morgan fingerprint density at radius 3 is 2.78 bits per heavy atom. The third-order valence-electron chi connectivity index (χ3n) is 3.61. The van der Waals surface area contributed by atoms with Crippen molar-refractivity contribution >= 4 is 0 Å². The van der Waals surface area contributed by atoms with Gasteiger partial charge in [0.25, 0.3) is 0 Å². The zero-order valence-electron chi connectivity index (χ0n) is 11.2. The summed E-state index contributed by atoms with van der Waals surface area (Å²) in [7, 11) is 0. The van der Waals surface area contributed by atoms with Gasteiger partial charge in [-0.3, -0.25) is 4.90 Å². The number of aliphatic hydroxyl groups excluding tert-OH is 1. The first-order valence-electron chi connectivity index (χ1n) is 6.75. The number of hydrogen-bond donors (Lipinski definition) is 1. The lowest BCUT2D eigenvalue weighted by Crippen LogP contribution is -2.47. The molecule has 0 aromatic heterocycles. The largest absolute Gasteiger partial charge is 0.388 e. The van der Waals surface area contributed by atoms with Gasteiger partial charge in [-0.1, -0.05) is 30.3 Å². The molecule has 100 valence electrons. The average Bonchev–Trinajstić information content (AvgIpc) is 2.40. The summed E-state index contributed by atoms with van der Waals surface area (Å²) in [4.78, 5) is 2.40. The van der Waals surface area contributed by atoms with E-state index in [1.165, 1.54) is 0 Å². The van der Waals surface area contributed by atoms with E-state index in [1.54, 1.807) is 0 Å². The van der Waals surface area contributed by atoms with Gasteiger partial charge in [-0.25, -0.2) is 0 Å². The highest BCUT2D eigenvalue weighted by atomic mass is 16.5. The van der Waals surface area contributed by atoms with Crippen LogP contribution in [0.15, 0.2) is 30.3 Å². The Bertz CT molecular complexity index is 355. The van der Waals surface area contributed by atoms with E-state index in [0.29, 0.717) is 12.1 Å². The van der Waals surface area contributed by atoms with Crippen molar-refractivity contribution in [3.63, 3.8) is 0 Å². The number of aliphatic hydroxyl groups is 1. The maximum Gasteiger partial charge on any atom is 0.0802 e. The van der Waals surface area contributed by atoms with Crippen LogP contribution in [-0.2, 0) is 4.74 Å². The van der Waals surface area contributed by atoms with E-state index in [1.807, 2.05) is 30.3 Å². The molecule has 1 fully saturated rings. The highest BCUT2D eigenvalue weighted by Crippen LogP contribution is 2.19. The van der Waals surface area contributed by atoms with Gasteiger partial charge in [0, 0.05) is 19.1 Å². The van der Waals surface area contributed by atoms with Gasteiger partial charge in [0.1, 0.15) is 0 Å². The molecule has 0 amide bonds. The molecule has 0 spiro atoms. The second-order valence-corrected chi connectivity index (χ2v) is 5.20. The molecule has 3 atom stereocenters. The van der Waals surface area contributed by atoms with Crippen LogP contribution in [0.3, 0.4) is 0 Å². The second-order valence-electron chi connectivity index (χ2n) is 5.20. The fourth-order valence-corrected chi connectivity index (χ4v) is 2.41. The molecule has 1 aliphatic heterocycles. The zero-order valence-corrected chi connectivity index (χ0v) is 11.2. The van der Waals surface area contributed by atoms with Crippen LogP contribution in [0, 0.1) is 0 Å². The highest BCUT2D eigenvalue weighted by Gasteiger charge is 2.23. The molecular formula is C15H23NO2. The minimum Gasteiger partial charge on any atom is -0.388 e. The molecule has 0 radical (unpaired) electrons. The SMILES string of the molecule is CC1CN(CCC(O)c2ccccc2)C(C)CO1. The molecule has 1 heterocycles. The van der Waals surface area contributed by atoms with E-state index in [2.05, 4.69) is 18.7 Å². The summed E-state index contributed by atoms with van der Waals surface area (Å²) < 4.78 is 5.61. The number of rotatable bonds is 4. The van der Waals surface area contributed by atoms with Gasteiger partial charge < -0.3 is 9.84 Å². The van der Waals surface area contributed by atoms with Crippen LogP contribution in [-0.4, -0.2) is 41.8 Å². The summed E-state index contributed by atoms with van der Waals surface area (Å²) in [6.45, 7) is 6.96. The number of hydrogen-bond acceptors (Lipinski definition) is 3. The van der Waals surface area contributed by atoms with Crippen molar-refractivity contribution in [1.82, 2.24) is 4.90 Å². The fourth-order valence-electron chi connectivity index (χ4n) is 2.41. The maximum absolute atomic E-state index is 10.1. The summed E-state index contributed by atoms with van der Waals surface area (Å²) in [5.41, 5.74) is 1.01. The molecule has 1 aliphatic rings. The van der Waals surface area contributed by atoms with Crippen molar-refractivity contribution in [1.29, 1.82) is 0 Å². The topological polar surface area (TPSA) is 32.7 Å². The molecule has 3 unspecified atom stereocenters. The van der Waals surface area contributed by atoms with Crippen molar-refractivity contribution < 1.29 is 9.84 Å². The molecule has 3 nitrogen and oxygen atoms in total. The third-order valence-corrected chi connectivity index (χ3v) is 3.61. The monoisotopic (exact) mass is 249 g/mol. The molecule has 1 saturated heterocycles. The quantitative estimate of drug-likeness (QED) is 0.888. The van der Waals surface area contributed by atoms with Crippen molar-refractivity contribution in [2.45, 2.75) is 38.5 Å². The third kappa shape index (κ3) is 3.55. The van der Waals surface area contributed by atoms with Crippen LogP contribution in [0.1, 0.15) is 31.9 Å². The molecule has 2 rings (SSSR count). The molecule has 1 aromatic rings.